The van der Waals surface area contributed by atoms with Crippen LogP contribution in [-0.4, -0.2) is 29.4 Å². The highest BCUT2D eigenvalue weighted by Gasteiger charge is 2.18. The highest BCUT2D eigenvalue weighted by molar-refractivity contribution is 5.99. The Morgan fingerprint density at radius 3 is 2.71 bits per heavy atom. The van der Waals surface area contributed by atoms with Gasteiger partial charge in [-0.25, -0.2) is 0 Å². The number of benzene rings is 1. The third-order valence-corrected chi connectivity index (χ3v) is 3.42. The SMILES string of the molecule is CCN(Cc1ccccn1)C(=O)c1ccc(C)cc1NC. The maximum Gasteiger partial charge on any atom is 0.256 e. The summed E-state index contributed by atoms with van der Waals surface area (Å²) in [6, 6.07) is 11.6. The summed E-state index contributed by atoms with van der Waals surface area (Å²) in [5.41, 5.74) is 3.58. The fourth-order valence-electron chi connectivity index (χ4n) is 2.24. The van der Waals surface area contributed by atoms with Crippen LogP contribution in [0.5, 0.6) is 0 Å². The third kappa shape index (κ3) is 3.60. The number of nitrogens with one attached hydrogen (secondary N) is 1. The molecule has 0 saturated carbocycles. The van der Waals surface area contributed by atoms with Gasteiger partial charge in [-0.2, -0.15) is 0 Å². The van der Waals surface area contributed by atoms with E-state index in [1.165, 1.54) is 0 Å². The van der Waals surface area contributed by atoms with Gasteiger partial charge in [0.1, 0.15) is 0 Å². The molecule has 0 aliphatic heterocycles. The molecule has 21 heavy (non-hydrogen) atoms. The van der Waals surface area contributed by atoms with Crippen molar-refractivity contribution in [1.29, 1.82) is 0 Å². The molecule has 1 heterocycles. The molecule has 1 N–H and O–H groups in total. The van der Waals surface area contributed by atoms with Gasteiger partial charge >= 0.3 is 0 Å². The van der Waals surface area contributed by atoms with Gasteiger partial charge in [-0.1, -0.05) is 12.1 Å². The van der Waals surface area contributed by atoms with E-state index in [1.807, 2.05) is 57.3 Å². The van der Waals surface area contributed by atoms with Crippen LogP contribution in [0.4, 0.5) is 5.69 Å². The van der Waals surface area contributed by atoms with Crippen LogP contribution in [0, 0.1) is 6.92 Å². The average Bonchev–Trinajstić information content (AvgIpc) is 2.52. The summed E-state index contributed by atoms with van der Waals surface area (Å²) >= 11 is 0. The predicted molar refractivity (Wildman–Crippen MR) is 85.4 cm³/mol. The van der Waals surface area contributed by atoms with Gasteiger partial charge in [0.15, 0.2) is 0 Å². The van der Waals surface area contributed by atoms with E-state index in [4.69, 9.17) is 0 Å². The minimum absolute atomic E-state index is 0.0208. The molecule has 0 atom stereocenters. The lowest BCUT2D eigenvalue weighted by Gasteiger charge is -2.22. The van der Waals surface area contributed by atoms with Crippen LogP contribution in [-0.2, 0) is 6.54 Å². The first-order valence-corrected chi connectivity index (χ1v) is 7.13. The largest absolute Gasteiger partial charge is 0.387 e. The standard InChI is InChI=1S/C17H21N3O/c1-4-20(12-14-7-5-6-10-19-14)17(21)15-9-8-13(2)11-16(15)18-3/h5-11,18H,4,12H2,1-3H3. The van der Waals surface area contributed by atoms with Crippen molar-refractivity contribution in [2.45, 2.75) is 20.4 Å². The number of anilines is 1. The summed E-state index contributed by atoms with van der Waals surface area (Å²) in [6.45, 7) is 5.16. The summed E-state index contributed by atoms with van der Waals surface area (Å²) in [5.74, 6) is 0.0208. The number of aromatic nitrogens is 1. The lowest BCUT2D eigenvalue weighted by Crippen LogP contribution is -2.31. The van der Waals surface area contributed by atoms with Crippen LogP contribution in [0.15, 0.2) is 42.6 Å². The first-order chi connectivity index (χ1) is 10.2. The summed E-state index contributed by atoms with van der Waals surface area (Å²) in [7, 11) is 1.83. The Balaban J connectivity index is 2.24. The van der Waals surface area contributed by atoms with Crippen molar-refractivity contribution in [2.24, 2.45) is 0 Å². The highest BCUT2D eigenvalue weighted by atomic mass is 16.2. The van der Waals surface area contributed by atoms with Gasteiger partial charge in [0.2, 0.25) is 0 Å². The molecule has 0 aliphatic rings. The van der Waals surface area contributed by atoms with Gasteiger partial charge in [-0.15, -0.1) is 0 Å². The molecule has 0 fully saturated rings. The van der Waals surface area contributed by atoms with E-state index in [1.54, 1.807) is 11.1 Å². The van der Waals surface area contributed by atoms with E-state index in [-0.39, 0.29) is 5.91 Å². The number of hydrogen-bond donors (Lipinski definition) is 1. The van der Waals surface area contributed by atoms with Crippen molar-refractivity contribution in [3.8, 4) is 0 Å². The molecule has 4 nitrogen and oxygen atoms in total. The minimum atomic E-state index is 0.0208. The number of carbonyl (C=O) groups is 1. The number of aryl methyl sites for hydroxylation is 1. The number of carbonyl (C=O) groups excluding carboxylic acids is 1. The van der Waals surface area contributed by atoms with Gasteiger partial charge in [0.05, 0.1) is 17.8 Å². The van der Waals surface area contributed by atoms with E-state index in [0.29, 0.717) is 18.7 Å². The van der Waals surface area contributed by atoms with E-state index < -0.39 is 0 Å². The molecule has 0 aliphatic carbocycles. The molecule has 2 rings (SSSR count). The molecule has 1 aromatic carbocycles. The Morgan fingerprint density at radius 1 is 1.29 bits per heavy atom. The first-order valence-electron chi connectivity index (χ1n) is 7.13. The van der Waals surface area contributed by atoms with Gasteiger partial charge in [-0.3, -0.25) is 9.78 Å². The van der Waals surface area contributed by atoms with Crippen molar-refractivity contribution in [3.05, 3.63) is 59.4 Å². The number of pyridine rings is 1. The number of hydrogen-bond acceptors (Lipinski definition) is 3. The second kappa shape index (κ2) is 6.88. The van der Waals surface area contributed by atoms with Crippen molar-refractivity contribution in [1.82, 2.24) is 9.88 Å². The summed E-state index contributed by atoms with van der Waals surface area (Å²) in [6.07, 6.45) is 1.75. The Labute approximate surface area is 125 Å². The Morgan fingerprint density at radius 2 is 2.10 bits per heavy atom. The third-order valence-electron chi connectivity index (χ3n) is 3.42. The van der Waals surface area contributed by atoms with Crippen LogP contribution in [0.2, 0.25) is 0 Å². The zero-order chi connectivity index (χ0) is 15.2. The van der Waals surface area contributed by atoms with Crippen LogP contribution in [0.1, 0.15) is 28.5 Å². The number of nitrogens with zero attached hydrogens (tertiary/aromatic N) is 2. The predicted octanol–water partition coefficient (Wildman–Crippen LogP) is 3.09. The van der Waals surface area contributed by atoms with Gasteiger partial charge in [0, 0.05) is 25.5 Å². The molecule has 1 amide bonds. The monoisotopic (exact) mass is 283 g/mol. The fourth-order valence-corrected chi connectivity index (χ4v) is 2.24. The summed E-state index contributed by atoms with van der Waals surface area (Å²) in [4.78, 5) is 18.8. The number of rotatable bonds is 5. The smallest absolute Gasteiger partial charge is 0.256 e. The van der Waals surface area contributed by atoms with Crippen LogP contribution < -0.4 is 5.32 Å². The maximum absolute atomic E-state index is 12.7. The van der Waals surface area contributed by atoms with Gasteiger partial charge in [0.25, 0.3) is 5.91 Å². The van der Waals surface area contributed by atoms with Crippen LogP contribution >= 0.6 is 0 Å². The molecule has 0 unspecified atom stereocenters. The van der Waals surface area contributed by atoms with Crippen LogP contribution in [0.3, 0.4) is 0 Å². The molecule has 110 valence electrons. The summed E-state index contributed by atoms with van der Waals surface area (Å²) in [5, 5.41) is 3.10. The zero-order valence-corrected chi connectivity index (χ0v) is 12.8. The van der Waals surface area contributed by atoms with E-state index in [2.05, 4.69) is 10.3 Å². The van der Waals surface area contributed by atoms with Crippen molar-refractivity contribution in [3.63, 3.8) is 0 Å². The lowest BCUT2D eigenvalue weighted by molar-refractivity contribution is 0.0751. The fraction of sp³-hybridized carbons (Fsp3) is 0.294. The maximum atomic E-state index is 12.7. The molecule has 1 aromatic heterocycles. The zero-order valence-electron chi connectivity index (χ0n) is 12.8. The quantitative estimate of drug-likeness (QED) is 0.917. The molecule has 0 radical (unpaired) electrons. The van der Waals surface area contributed by atoms with Crippen LogP contribution in [0.25, 0.3) is 0 Å². The summed E-state index contributed by atoms with van der Waals surface area (Å²) < 4.78 is 0. The van der Waals surface area contributed by atoms with Crippen molar-refractivity contribution in [2.75, 3.05) is 18.9 Å². The topological polar surface area (TPSA) is 45.2 Å². The molecule has 2 aromatic rings. The molecule has 0 saturated heterocycles. The molecular weight excluding hydrogens is 262 g/mol. The van der Waals surface area contributed by atoms with Crippen molar-refractivity contribution < 1.29 is 4.79 Å². The van der Waals surface area contributed by atoms with E-state index in [9.17, 15) is 4.79 Å². The minimum Gasteiger partial charge on any atom is -0.387 e. The Hall–Kier alpha value is -2.36. The van der Waals surface area contributed by atoms with Gasteiger partial charge in [-0.05, 0) is 43.7 Å². The molecular formula is C17H21N3O. The van der Waals surface area contributed by atoms with Gasteiger partial charge < -0.3 is 10.2 Å². The Kier molecular flexibility index (Phi) is 4.93. The van der Waals surface area contributed by atoms with E-state index in [0.717, 1.165) is 16.9 Å². The normalized spacial score (nSPS) is 10.2. The van der Waals surface area contributed by atoms with Crippen molar-refractivity contribution >= 4 is 11.6 Å². The number of amides is 1. The molecule has 0 spiro atoms. The highest BCUT2D eigenvalue weighted by Crippen LogP contribution is 2.19. The molecule has 4 heteroatoms. The lowest BCUT2D eigenvalue weighted by atomic mass is 10.1. The Bertz CT molecular complexity index is 611. The first kappa shape index (κ1) is 15.0. The van der Waals surface area contributed by atoms with E-state index >= 15 is 0 Å². The second-order valence-electron chi connectivity index (χ2n) is 4.94. The molecule has 0 bridgehead atoms. The average molecular weight is 283 g/mol. The second-order valence-corrected chi connectivity index (χ2v) is 4.94.